The van der Waals surface area contributed by atoms with Crippen molar-refractivity contribution in [1.82, 2.24) is 0 Å². The number of nitrogens with one attached hydrogen (secondary N) is 3. The predicted octanol–water partition coefficient (Wildman–Crippen LogP) is 8.50. The monoisotopic (exact) mass is 577 g/mol. The fraction of sp³-hybridized carbons (Fsp3) is 0.200. The second kappa shape index (κ2) is 11.0. The predicted molar refractivity (Wildman–Crippen MR) is 131 cm³/mol. The van der Waals surface area contributed by atoms with Crippen molar-refractivity contribution in [1.29, 1.82) is 0 Å². The van der Waals surface area contributed by atoms with Crippen LogP contribution in [0.15, 0.2) is 60.7 Å². The summed E-state index contributed by atoms with van der Waals surface area (Å²) in [7, 11) is 0. The van der Waals surface area contributed by atoms with Crippen molar-refractivity contribution < 1.29 is 45.1 Å². The Morgan fingerprint density at radius 1 is 0.744 bits per heavy atom. The molecule has 14 heteroatoms. The zero-order chi connectivity index (χ0) is 29.2. The number of hydrogen-bond donors (Lipinski definition) is 3. The summed E-state index contributed by atoms with van der Waals surface area (Å²) in [5.41, 5.74) is -7.47. The molecule has 0 bridgehead atoms. The van der Waals surface area contributed by atoms with E-state index >= 15 is 0 Å². The number of halogens is 8. The van der Waals surface area contributed by atoms with Gasteiger partial charge in [0.25, 0.3) is 0 Å². The zero-order valence-corrected chi connectivity index (χ0v) is 20.8. The van der Waals surface area contributed by atoms with Gasteiger partial charge in [-0.1, -0.05) is 29.8 Å². The minimum atomic E-state index is -6.27. The Morgan fingerprint density at radius 2 is 1.26 bits per heavy atom. The maximum Gasteiger partial charge on any atom is 0.435 e. The summed E-state index contributed by atoms with van der Waals surface area (Å²) in [4.78, 5) is 24.6. The standard InChI is InChI=1S/C25H19ClF7N3O3/c1-13-10-15(23(27,24(28,29)30)25(31,32)33)11-14(2)20(13)36-21(37)34-17-4-3-5-18(12-17)35-22(38)39-19-8-6-16(26)7-9-19/h3-12H,1-2H3,(H,35,38)(H2,34,36,37). The molecular formula is C25H19ClF7N3O3. The lowest BCUT2D eigenvalue weighted by Gasteiger charge is -2.31. The molecule has 0 heterocycles. The zero-order valence-electron chi connectivity index (χ0n) is 20.0. The van der Waals surface area contributed by atoms with E-state index in [-0.39, 0.29) is 33.9 Å². The summed E-state index contributed by atoms with van der Waals surface area (Å²) in [6, 6.07) is 11.6. The SMILES string of the molecule is Cc1cc(C(F)(C(F)(F)F)C(F)(F)F)cc(C)c1NC(=O)Nc1cccc(NC(=O)Oc2ccc(Cl)cc2)c1. The highest BCUT2D eigenvalue weighted by Crippen LogP contribution is 2.53. The fourth-order valence-corrected chi connectivity index (χ4v) is 3.68. The second-order valence-electron chi connectivity index (χ2n) is 8.27. The molecule has 6 nitrogen and oxygen atoms in total. The quantitative estimate of drug-likeness (QED) is 0.266. The average Bonchev–Trinajstić information content (AvgIpc) is 2.81. The van der Waals surface area contributed by atoms with E-state index in [1.165, 1.54) is 48.5 Å². The Labute approximate surface area is 222 Å². The smallest absolute Gasteiger partial charge is 0.410 e. The van der Waals surface area contributed by atoms with Crippen molar-refractivity contribution in [2.75, 3.05) is 16.0 Å². The second-order valence-corrected chi connectivity index (χ2v) is 8.70. The highest BCUT2D eigenvalue weighted by Gasteiger charge is 2.73. The molecule has 3 amide bonds. The molecule has 0 aromatic heterocycles. The van der Waals surface area contributed by atoms with Crippen molar-refractivity contribution >= 4 is 40.8 Å². The maximum atomic E-state index is 14.5. The Morgan fingerprint density at radius 3 is 1.77 bits per heavy atom. The van der Waals surface area contributed by atoms with Gasteiger partial charge in [0.05, 0.1) is 0 Å². The average molecular weight is 578 g/mol. The van der Waals surface area contributed by atoms with Crippen molar-refractivity contribution in [2.24, 2.45) is 0 Å². The van der Waals surface area contributed by atoms with Gasteiger partial charge in [0.2, 0.25) is 0 Å². The molecule has 3 N–H and O–H groups in total. The molecule has 0 fully saturated rings. The highest BCUT2D eigenvalue weighted by atomic mass is 35.5. The minimum Gasteiger partial charge on any atom is -0.410 e. The number of carbonyl (C=O) groups excluding carboxylic acids is 2. The van der Waals surface area contributed by atoms with E-state index in [1.54, 1.807) is 0 Å². The number of rotatable bonds is 5. The Bertz CT molecular complexity index is 1340. The Balaban J connectivity index is 1.72. The first-order valence-electron chi connectivity index (χ1n) is 10.9. The third-order valence-corrected chi connectivity index (χ3v) is 5.59. The summed E-state index contributed by atoms with van der Waals surface area (Å²) in [6.07, 6.45) is -13.4. The number of aryl methyl sites for hydroxylation is 2. The van der Waals surface area contributed by atoms with Gasteiger partial charge in [-0.05, 0) is 67.4 Å². The number of ether oxygens (including phenoxy) is 1. The number of amides is 3. The van der Waals surface area contributed by atoms with E-state index in [9.17, 15) is 40.3 Å². The van der Waals surface area contributed by atoms with E-state index in [4.69, 9.17) is 16.3 Å². The summed E-state index contributed by atoms with van der Waals surface area (Å²) in [5, 5.41) is 7.63. The van der Waals surface area contributed by atoms with E-state index < -0.39 is 35.7 Å². The Hall–Kier alpha value is -4.00. The number of carbonyl (C=O) groups is 2. The molecule has 3 aromatic rings. The molecule has 3 aromatic carbocycles. The van der Waals surface area contributed by atoms with Crippen molar-refractivity contribution in [3.8, 4) is 5.75 Å². The van der Waals surface area contributed by atoms with Crippen LogP contribution < -0.4 is 20.7 Å². The van der Waals surface area contributed by atoms with Crippen LogP contribution in [0.1, 0.15) is 16.7 Å². The van der Waals surface area contributed by atoms with Gasteiger partial charge in [0.15, 0.2) is 0 Å². The third-order valence-electron chi connectivity index (χ3n) is 5.34. The van der Waals surface area contributed by atoms with E-state index in [1.807, 2.05) is 0 Å². The molecule has 0 aliphatic rings. The number of anilines is 3. The van der Waals surface area contributed by atoms with Gasteiger partial charge < -0.3 is 15.4 Å². The highest BCUT2D eigenvalue weighted by molar-refractivity contribution is 6.30. The van der Waals surface area contributed by atoms with Crippen molar-refractivity contribution in [2.45, 2.75) is 31.9 Å². The van der Waals surface area contributed by atoms with Gasteiger partial charge in [-0.25, -0.2) is 14.0 Å². The molecule has 0 aliphatic heterocycles. The first-order chi connectivity index (χ1) is 18.0. The molecule has 0 unspecified atom stereocenters. The number of hydrogen-bond acceptors (Lipinski definition) is 3. The van der Waals surface area contributed by atoms with Crippen LogP contribution in [0.25, 0.3) is 0 Å². The van der Waals surface area contributed by atoms with E-state index in [0.717, 1.165) is 13.8 Å². The third kappa shape index (κ3) is 6.72. The van der Waals surface area contributed by atoms with Crippen LogP contribution in [0.4, 0.5) is 57.4 Å². The largest absolute Gasteiger partial charge is 0.435 e. The summed E-state index contributed by atoms with van der Waals surface area (Å²) in [5.74, 6) is 0.220. The van der Waals surface area contributed by atoms with Crippen LogP contribution in [0.2, 0.25) is 5.02 Å². The topological polar surface area (TPSA) is 79.5 Å². The number of alkyl halides is 7. The molecule has 3 rings (SSSR count). The van der Waals surface area contributed by atoms with Gasteiger partial charge in [-0.2, -0.15) is 26.3 Å². The van der Waals surface area contributed by atoms with Crippen LogP contribution in [0, 0.1) is 13.8 Å². The molecule has 0 atom stereocenters. The van der Waals surface area contributed by atoms with Crippen LogP contribution in [-0.4, -0.2) is 24.5 Å². The molecule has 39 heavy (non-hydrogen) atoms. The lowest BCUT2D eigenvalue weighted by Crippen LogP contribution is -2.50. The van der Waals surface area contributed by atoms with Crippen LogP contribution in [0.5, 0.6) is 5.75 Å². The van der Waals surface area contributed by atoms with Crippen LogP contribution in [0.3, 0.4) is 0 Å². The van der Waals surface area contributed by atoms with Crippen molar-refractivity contribution in [3.63, 3.8) is 0 Å². The van der Waals surface area contributed by atoms with Gasteiger partial charge in [-0.3, -0.25) is 5.32 Å². The Kier molecular flexibility index (Phi) is 8.34. The summed E-state index contributed by atoms with van der Waals surface area (Å²) in [6.45, 7) is 2.24. The maximum absolute atomic E-state index is 14.5. The molecular weight excluding hydrogens is 559 g/mol. The minimum absolute atomic E-state index is 0.122. The molecule has 0 radical (unpaired) electrons. The molecule has 208 valence electrons. The lowest BCUT2D eigenvalue weighted by atomic mass is 9.90. The first-order valence-corrected chi connectivity index (χ1v) is 11.3. The molecule has 0 aliphatic carbocycles. The van der Waals surface area contributed by atoms with Gasteiger partial charge in [-0.15, -0.1) is 0 Å². The first kappa shape index (κ1) is 29.6. The summed E-state index contributed by atoms with van der Waals surface area (Å²) >= 11 is 5.77. The molecule has 0 spiro atoms. The number of benzene rings is 3. The number of urea groups is 1. The molecule has 0 saturated carbocycles. The van der Waals surface area contributed by atoms with E-state index in [2.05, 4.69) is 16.0 Å². The van der Waals surface area contributed by atoms with Crippen LogP contribution >= 0.6 is 11.6 Å². The summed E-state index contributed by atoms with van der Waals surface area (Å²) < 4.78 is 98.3. The van der Waals surface area contributed by atoms with Gasteiger partial charge >= 0.3 is 30.1 Å². The lowest BCUT2D eigenvalue weighted by molar-refractivity contribution is -0.348. The fourth-order valence-electron chi connectivity index (χ4n) is 3.55. The van der Waals surface area contributed by atoms with Gasteiger partial charge in [0, 0.05) is 27.6 Å². The normalized spacial score (nSPS) is 12.1. The van der Waals surface area contributed by atoms with Crippen molar-refractivity contribution in [3.05, 3.63) is 82.4 Å². The van der Waals surface area contributed by atoms with Gasteiger partial charge in [0.1, 0.15) is 5.75 Å². The molecule has 0 saturated heterocycles. The van der Waals surface area contributed by atoms with Crippen LogP contribution in [-0.2, 0) is 5.67 Å². The van der Waals surface area contributed by atoms with E-state index in [0.29, 0.717) is 17.2 Å².